The molecule has 0 amide bonds. The molecule has 8 heterocycles. The summed E-state index contributed by atoms with van der Waals surface area (Å²) in [7, 11) is -31.2. The first kappa shape index (κ1) is 72.0. The van der Waals surface area contributed by atoms with Gasteiger partial charge in [0, 0.05) is 46.1 Å². The van der Waals surface area contributed by atoms with E-state index in [2.05, 4.69) is 26.2 Å². The molecule has 38 heteroatoms. The molecule has 496 valence electrons. The fourth-order valence-electron chi connectivity index (χ4n) is 11.9. The SMILES string of the molecule is C[SiH]1O[Si](C)(CCCOCC2CO2)O[SiH](C)O[Si](C)(CCCn2c(=O)n(CCC[Si]3(C)O[SiH](C)O[Si](C)(CCCOCC4CO4)O[SiH](C)O3)c(=O)n(CCC[Si]3(C)O[SiH](C)O[Si](C)(CCCOCC4CO4)O[Si](C)(CCCOCC4CO4)O3)c2=O)O1. The molecule has 7 saturated heterocycles. The lowest BCUT2D eigenvalue weighted by Crippen LogP contribution is -2.63. The zero-order valence-corrected chi connectivity index (χ0v) is 66.2. The average Bonchev–Trinajstić information content (AvgIpc) is 1.22. The minimum atomic E-state index is -3.10. The molecule has 7 aliphatic rings. The zero-order valence-electron chi connectivity index (χ0n) is 53.4. The third-order valence-corrected chi connectivity index (χ3v) is 64.9. The Morgan fingerprint density at radius 2 is 0.535 bits per heavy atom. The molecule has 0 aromatic carbocycles. The molecule has 7 fully saturated rings. The molecule has 7 aliphatic heterocycles. The van der Waals surface area contributed by atoms with E-state index >= 15 is 0 Å². The van der Waals surface area contributed by atoms with Crippen LogP contribution in [0.3, 0.4) is 0 Å². The van der Waals surface area contributed by atoms with Gasteiger partial charge in [0.2, 0.25) is 0 Å². The van der Waals surface area contributed by atoms with Crippen LogP contribution in [0.4, 0.5) is 0 Å². The summed E-state index contributed by atoms with van der Waals surface area (Å²) in [6.07, 6.45) is 5.06. The Morgan fingerprint density at radius 1 is 0.337 bits per heavy atom. The van der Waals surface area contributed by atoms with Gasteiger partial charge in [-0.15, -0.1) is 0 Å². The molecule has 12 atom stereocenters. The Labute approximate surface area is 524 Å². The van der Waals surface area contributed by atoms with Crippen LogP contribution in [0.5, 0.6) is 0 Å². The highest BCUT2D eigenvalue weighted by atomic mass is 28.5. The number of nitrogens with zero attached hydrogens (tertiary/aromatic N) is 3. The van der Waals surface area contributed by atoms with Crippen LogP contribution in [0.15, 0.2) is 14.4 Å². The highest BCUT2D eigenvalue weighted by molar-refractivity contribution is 6.91. The van der Waals surface area contributed by atoms with E-state index in [0.29, 0.717) is 96.3 Å². The predicted octanol–water partition coefficient (Wildman–Crippen LogP) is 3.56. The molecule has 0 N–H and O–H groups in total. The molecule has 1 aromatic heterocycles. The lowest BCUT2D eigenvalue weighted by Gasteiger charge is -2.47. The van der Waals surface area contributed by atoms with Crippen molar-refractivity contribution in [3.63, 3.8) is 0 Å². The fraction of sp³-hybridized carbons (Fsp3) is 0.938. The van der Waals surface area contributed by atoms with Gasteiger partial charge in [-0.05, 0) is 166 Å². The Bertz CT molecular complexity index is 2330. The van der Waals surface area contributed by atoms with Crippen LogP contribution in [0.1, 0.15) is 44.9 Å². The summed E-state index contributed by atoms with van der Waals surface area (Å²) in [5.41, 5.74) is -2.00. The molecule has 1 aromatic rings. The maximum atomic E-state index is 14.8. The summed E-state index contributed by atoms with van der Waals surface area (Å²) < 4.78 is 131. The van der Waals surface area contributed by atoms with E-state index in [-0.39, 0.29) is 44.1 Å². The summed E-state index contributed by atoms with van der Waals surface area (Å²) in [6.45, 7) is 32.4. The monoisotopic (exact) mass is 1430 g/mol. The topological polar surface area (TPSA) is 264 Å². The molecular weight excluding hydrogens is 1320 g/mol. The summed E-state index contributed by atoms with van der Waals surface area (Å²) in [5.74, 6) is 0. The number of hydrogen-bond acceptors (Lipinski definition) is 23. The van der Waals surface area contributed by atoms with Gasteiger partial charge in [0.25, 0.3) is 0 Å². The van der Waals surface area contributed by atoms with Crippen molar-refractivity contribution in [3.8, 4) is 0 Å². The van der Waals surface area contributed by atoms with Crippen molar-refractivity contribution in [2.75, 3.05) is 79.3 Å². The van der Waals surface area contributed by atoms with Crippen LogP contribution in [-0.4, -0.2) is 224 Å². The van der Waals surface area contributed by atoms with Crippen molar-refractivity contribution in [2.45, 2.75) is 210 Å². The average molecular weight is 1430 g/mol. The number of aromatic nitrogens is 3. The highest BCUT2D eigenvalue weighted by Gasteiger charge is 2.53. The van der Waals surface area contributed by atoms with Gasteiger partial charge in [0.05, 0.1) is 52.9 Å². The predicted molar refractivity (Wildman–Crippen MR) is 347 cm³/mol. The van der Waals surface area contributed by atoms with E-state index in [4.69, 9.17) is 87.3 Å². The largest absolute Gasteiger partial charge is 0.418 e. The molecular formula is C48H103N3O23Si12. The summed E-state index contributed by atoms with van der Waals surface area (Å²) in [4.78, 5) is 44.3. The van der Waals surface area contributed by atoms with Crippen molar-refractivity contribution in [3.05, 3.63) is 31.5 Å². The van der Waals surface area contributed by atoms with Gasteiger partial charge in [-0.2, -0.15) is 0 Å². The van der Waals surface area contributed by atoms with Crippen molar-refractivity contribution in [1.29, 1.82) is 0 Å². The van der Waals surface area contributed by atoms with Crippen molar-refractivity contribution < 1.29 is 87.3 Å². The van der Waals surface area contributed by atoms with Gasteiger partial charge in [-0.3, -0.25) is 0 Å². The minimum Gasteiger partial charge on any atom is -0.418 e. The molecule has 26 nitrogen and oxygen atoms in total. The van der Waals surface area contributed by atoms with Crippen LogP contribution < -0.4 is 17.1 Å². The minimum absolute atomic E-state index is 0.0330. The highest BCUT2D eigenvalue weighted by Crippen LogP contribution is 2.36. The smallest absolute Gasteiger partial charge is 0.336 e. The molecule has 0 saturated carbocycles. The lowest BCUT2D eigenvalue weighted by molar-refractivity contribution is 0.114. The van der Waals surface area contributed by atoms with Crippen LogP contribution in [0, 0.1) is 0 Å². The van der Waals surface area contributed by atoms with Crippen LogP contribution in [-0.2, 0) is 107 Å². The summed E-state index contributed by atoms with van der Waals surface area (Å²) in [5, 5.41) is 0. The van der Waals surface area contributed by atoms with Crippen LogP contribution in [0.25, 0.3) is 0 Å². The first-order valence-electron chi connectivity index (χ1n) is 31.7. The van der Waals surface area contributed by atoms with Crippen molar-refractivity contribution in [2.24, 2.45) is 0 Å². The van der Waals surface area contributed by atoms with Gasteiger partial charge >= 0.3 is 123 Å². The van der Waals surface area contributed by atoms with E-state index in [1.54, 1.807) is 0 Å². The maximum absolute atomic E-state index is 14.8. The molecule has 86 heavy (non-hydrogen) atoms. The van der Waals surface area contributed by atoms with Gasteiger partial charge in [-0.1, -0.05) is 0 Å². The number of hydrogen-bond donors (Lipinski definition) is 0. The second-order valence-electron chi connectivity index (χ2n) is 25.3. The van der Waals surface area contributed by atoms with E-state index < -0.39 is 123 Å². The fourth-order valence-corrected chi connectivity index (χ4v) is 67.0. The molecule has 8 rings (SSSR count). The Morgan fingerprint density at radius 3 is 0.779 bits per heavy atom. The number of rotatable bonds is 36. The molecule has 0 spiro atoms. The third-order valence-electron chi connectivity index (χ3n) is 15.9. The second-order valence-corrected chi connectivity index (χ2v) is 61.4. The van der Waals surface area contributed by atoms with E-state index in [0.717, 1.165) is 70.2 Å². The normalized spacial score (nSPS) is 38.3. The zero-order chi connectivity index (χ0) is 61.8. The van der Waals surface area contributed by atoms with E-state index in [1.807, 2.05) is 52.4 Å². The van der Waals surface area contributed by atoms with Gasteiger partial charge in [0.1, 0.15) is 24.4 Å². The van der Waals surface area contributed by atoms with Gasteiger partial charge in [0.15, 0.2) is 0 Å². The maximum Gasteiger partial charge on any atom is 0.336 e. The molecule has 0 bridgehead atoms. The van der Waals surface area contributed by atoms with E-state index in [9.17, 15) is 14.4 Å². The lowest BCUT2D eigenvalue weighted by atomic mass is 10.4. The van der Waals surface area contributed by atoms with Gasteiger partial charge in [-0.25, -0.2) is 28.1 Å². The Kier molecular flexibility index (Phi) is 27.3. The van der Waals surface area contributed by atoms with E-state index in [1.165, 1.54) is 13.7 Å². The standard InChI is InChI=1S/C48H103N3O23Si12/c1-75-63-80(6,64-76(2)68-82(8,67-75)30-16-23-55-34-42-38-59-42)27-13-20-49-46(52)50(21-14-28-81(7)65-77(3)69-83(9,70-78(4)66-81)31-17-24-56-35-43-39-60-43)48(54)51(47(49)53)22-15-29-84(10)71-79(5)72-85(11,32-18-25-57-36-44-40-61-44)74-86(12,73-84)33-19-26-58-37-45-41-62-45/h42-45,75-79H,13-41H2,1-12H3. The molecule has 0 radical (unpaired) electrons. The first-order valence-corrected chi connectivity index (χ1v) is 59.8. The van der Waals surface area contributed by atoms with Crippen LogP contribution in [0.2, 0.25) is 121 Å². The second kappa shape index (κ2) is 32.6. The Balaban J connectivity index is 0.954. The quantitative estimate of drug-likeness (QED) is 0.0528. The molecule has 12 unspecified atom stereocenters. The number of epoxide rings is 4. The number of ether oxygens (including phenoxy) is 8. The summed E-state index contributed by atoms with van der Waals surface area (Å²) in [6, 6.07) is 4.33. The Hall–Kier alpha value is 0.213. The first-order chi connectivity index (χ1) is 40.7. The van der Waals surface area contributed by atoms with Crippen LogP contribution >= 0.6 is 0 Å². The van der Waals surface area contributed by atoms with Crippen molar-refractivity contribution >= 4 is 106 Å². The summed E-state index contributed by atoms with van der Waals surface area (Å²) >= 11 is 0. The molecule has 0 aliphatic carbocycles. The van der Waals surface area contributed by atoms with Gasteiger partial charge < -0.3 is 87.3 Å². The third kappa shape index (κ3) is 24.2. The van der Waals surface area contributed by atoms with Crippen molar-refractivity contribution in [1.82, 2.24) is 13.7 Å².